The van der Waals surface area contributed by atoms with Crippen LogP contribution in [0.4, 0.5) is 4.79 Å². The lowest BCUT2D eigenvalue weighted by Gasteiger charge is -2.48. The van der Waals surface area contributed by atoms with Crippen molar-refractivity contribution >= 4 is 6.03 Å². The number of nitrogens with zero attached hydrogens (tertiary/aromatic N) is 2. The van der Waals surface area contributed by atoms with E-state index in [2.05, 4.69) is 13.8 Å². The van der Waals surface area contributed by atoms with Crippen molar-refractivity contribution in [3.05, 3.63) is 0 Å². The summed E-state index contributed by atoms with van der Waals surface area (Å²) < 4.78 is 0. The van der Waals surface area contributed by atoms with Crippen LogP contribution in [-0.2, 0) is 0 Å². The Balaban J connectivity index is 2.89. The monoisotopic (exact) mass is 269 g/mol. The van der Waals surface area contributed by atoms with Crippen LogP contribution in [0.2, 0.25) is 0 Å². The molecule has 19 heavy (non-hydrogen) atoms. The van der Waals surface area contributed by atoms with E-state index < -0.39 is 0 Å². The van der Waals surface area contributed by atoms with Gasteiger partial charge in [0.05, 0.1) is 5.54 Å². The minimum Gasteiger partial charge on any atom is -0.328 e. The van der Waals surface area contributed by atoms with Gasteiger partial charge in [0.15, 0.2) is 0 Å². The van der Waals surface area contributed by atoms with E-state index in [1.165, 1.54) is 12.8 Å². The Bertz CT molecular complexity index is 281. The van der Waals surface area contributed by atoms with E-state index >= 15 is 0 Å². The number of hydrogen-bond acceptors (Lipinski definition) is 2. The van der Waals surface area contributed by atoms with E-state index in [1.807, 2.05) is 23.6 Å². The number of carbonyl (C=O) groups is 1. The Morgan fingerprint density at radius 3 is 2.05 bits per heavy atom. The number of nitrogens with two attached hydrogens (primary N) is 1. The van der Waals surface area contributed by atoms with Crippen LogP contribution in [0.3, 0.4) is 0 Å². The summed E-state index contributed by atoms with van der Waals surface area (Å²) in [6.45, 7) is 11.3. The Morgan fingerprint density at radius 1 is 1.16 bits per heavy atom. The van der Waals surface area contributed by atoms with Crippen molar-refractivity contribution in [3.63, 3.8) is 0 Å². The second-order valence-electron chi connectivity index (χ2n) is 5.81. The lowest BCUT2D eigenvalue weighted by atomic mass is 9.76. The maximum atomic E-state index is 12.7. The third kappa shape index (κ3) is 3.41. The third-order valence-electron chi connectivity index (χ3n) is 4.74. The predicted octanol–water partition coefficient (Wildman–Crippen LogP) is 2.68. The second-order valence-corrected chi connectivity index (χ2v) is 5.81. The summed E-state index contributed by atoms with van der Waals surface area (Å²) >= 11 is 0. The van der Waals surface area contributed by atoms with E-state index in [1.54, 1.807) is 0 Å². The highest BCUT2D eigenvalue weighted by atomic mass is 16.2. The number of urea groups is 1. The van der Waals surface area contributed by atoms with Gasteiger partial charge in [-0.05, 0) is 52.4 Å². The van der Waals surface area contributed by atoms with Crippen molar-refractivity contribution in [1.82, 2.24) is 9.80 Å². The molecule has 0 atom stereocenters. The van der Waals surface area contributed by atoms with Crippen molar-refractivity contribution in [2.75, 3.05) is 26.2 Å². The topological polar surface area (TPSA) is 49.6 Å². The van der Waals surface area contributed by atoms with E-state index in [4.69, 9.17) is 5.73 Å². The van der Waals surface area contributed by atoms with E-state index in [-0.39, 0.29) is 11.6 Å². The van der Waals surface area contributed by atoms with Gasteiger partial charge in [-0.1, -0.05) is 6.92 Å². The van der Waals surface area contributed by atoms with Crippen LogP contribution in [0.5, 0.6) is 0 Å². The summed E-state index contributed by atoms with van der Waals surface area (Å²) in [7, 11) is 0. The molecule has 1 rings (SSSR count). The maximum Gasteiger partial charge on any atom is 0.320 e. The van der Waals surface area contributed by atoms with Gasteiger partial charge in [-0.2, -0.15) is 0 Å². The standard InChI is InChI=1S/C15H31N3O/c1-5-17(6-2)14(19)18(7-3)15(12-16)10-8-13(4)9-11-15/h13H,5-12,16H2,1-4H3. The highest BCUT2D eigenvalue weighted by molar-refractivity contribution is 5.75. The fraction of sp³-hybridized carbons (Fsp3) is 0.933. The average molecular weight is 269 g/mol. The molecule has 1 aliphatic rings. The lowest BCUT2D eigenvalue weighted by Crippen LogP contribution is -2.60. The van der Waals surface area contributed by atoms with Crippen molar-refractivity contribution in [3.8, 4) is 0 Å². The molecular weight excluding hydrogens is 238 g/mol. The molecule has 2 N–H and O–H groups in total. The zero-order chi connectivity index (χ0) is 14.5. The van der Waals surface area contributed by atoms with Gasteiger partial charge in [-0.3, -0.25) is 0 Å². The maximum absolute atomic E-state index is 12.7. The van der Waals surface area contributed by atoms with Gasteiger partial charge in [0.25, 0.3) is 0 Å². The molecule has 4 nitrogen and oxygen atoms in total. The van der Waals surface area contributed by atoms with Crippen molar-refractivity contribution in [1.29, 1.82) is 0 Å². The van der Waals surface area contributed by atoms with Crippen molar-refractivity contribution < 1.29 is 4.79 Å². The van der Waals surface area contributed by atoms with Crippen LogP contribution >= 0.6 is 0 Å². The Kier molecular flexibility index (Phi) is 6.11. The first-order valence-electron chi connectivity index (χ1n) is 7.81. The fourth-order valence-corrected chi connectivity index (χ4v) is 3.22. The zero-order valence-electron chi connectivity index (χ0n) is 13.1. The number of rotatable bonds is 5. The van der Waals surface area contributed by atoms with Crippen molar-refractivity contribution in [2.24, 2.45) is 11.7 Å². The van der Waals surface area contributed by atoms with Crippen molar-refractivity contribution in [2.45, 2.75) is 58.9 Å². The van der Waals surface area contributed by atoms with Gasteiger partial charge < -0.3 is 15.5 Å². The molecule has 4 heteroatoms. The van der Waals surface area contributed by atoms with Crippen LogP contribution in [0.25, 0.3) is 0 Å². The third-order valence-corrected chi connectivity index (χ3v) is 4.74. The molecule has 1 saturated carbocycles. The largest absolute Gasteiger partial charge is 0.328 e. The molecule has 0 unspecified atom stereocenters. The van der Waals surface area contributed by atoms with Gasteiger partial charge in [-0.25, -0.2) is 4.79 Å². The smallest absolute Gasteiger partial charge is 0.320 e. The summed E-state index contributed by atoms with van der Waals surface area (Å²) in [4.78, 5) is 16.6. The molecule has 2 amide bonds. The van der Waals surface area contributed by atoms with Crippen LogP contribution in [0, 0.1) is 5.92 Å². The fourth-order valence-electron chi connectivity index (χ4n) is 3.22. The predicted molar refractivity (Wildman–Crippen MR) is 80.1 cm³/mol. The highest BCUT2D eigenvalue weighted by Crippen LogP contribution is 2.36. The van der Waals surface area contributed by atoms with Gasteiger partial charge in [0.1, 0.15) is 0 Å². The molecule has 0 radical (unpaired) electrons. The number of likely N-dealkylation sites (N-methyl/N-ethyl adjacent to an activating group) is 1. The number of carbonyl (C=O) groups excluding carboxylic acids is 1. The zero-order valence-corrected chi connectivity index (χ0v) is 13.1. The highest BCUT2D eigenvalue weighted by Gasteiger charge is 2.41. The summed E-state index contributed by atoms with van der Waals surface area (Å²) in [6, 6.07) is 0.160. The first-order valence-corrected chi connectivity index (χ1v) is 7.81. The van der Waals surface area contributed by atoms with Gasteiger partial charge >= 0.3 is 6.03 Å². The van der Waals surface area contributed by atoms with Gasteiger partial charge in [0, 0.05) is 26.2 Å². The van der Waals surface area contributed by atoms with E-state index in [9.17, 15) is 4.79 Å². The minimum atomic E-state index is -0.110. The average Bonchev–Trinajstić information content (AvgIpc) is 2.43. The van der Waals surface area contributed by atoms with Crippen LogP contribution in [0.1, 0.15) is 53.4 Å². The lowest BCUT2D eigenvalue weighted by molar-refractivity contribution is 0.0572. The molecule has 1 fully saturated rings. The van der Waals surface area contributed by atoms with Gasteiger partial charge in [0.2, 0.25) is 0 Å². The normalized spacial score (nSPS) is 27.1. The Labute approximate surface area is 118 Å². The van der Waals surface area contributed by atoms with E-state index in [0.29, 0.717) is 6.54 Å². The molecule has 112 valence electrons. The molecule has 0 aromatic rings. The van der Waals surface area contributed by atoms with Gasteiger partial charge in [-0.15, -0.1) is 0 Å². The Morgan fingerprint density at radius 2 is 1.68 bits per heavy atom. The first kappa shape index (κ1) is 16.3. The molecule has 0 bridgehead atoms. The SMILES string of the molecule is CCN(CC)C(=O)N(CC)C1(CN)CCC(C)CC1. The number of hydrogen-bond donors (Lipinski definition) is 1. The molecule has 0 heterocycles. The van der Waals surface area contributed by atoms with Crippen LogP contribution in [-0.4, -0.2) is 47.5 Å². The molecule has 0 spiro atoms. The second kappa shape index (κ2) is 7.13. The molecule has 0 saturated heterocycles. The molecular formula is C15H31N3O. The Hall–Kier alpha value is -0.770. The number of amides is 2. The summed E-state index contributed by atoms with van der Waals surface area (Å²) in [5.41, 5.74) is 5.96. The van der Waals surface area contributed by atoms with Crippen LogP contribution < -0.4 is 5.73 Å². The molecule has 0 aliphatic heterocycles. The van der Waals surface area contributed by atoms with Crippen LogP contribution in [0.15, 0.2) is 0 Å². The summed E-state index contributed by atoms with van der Waals surface area (Å²) in [5, 5.41) is 0. The minimum absolute atomic E-state index is 0.110. The first-order chi connectivity index (χ1) is 9.04. The quantitative estimate of drug-likeness (QED) is 0.834. The molecule has 1 aliphatic carbocycles. The molecule has 0 aromatic heterocycles. The molecule has 0 aromatic carbocycles. The summed E-state index contributed by atoms with van der Waals surface area (Å²) in [5.74, 6) is 0.766. The summed E-state index contributed by atoms with van der Waals surface area (Å²) in [6.07, 6.45) is 4.45. The van der Waals surface area contributed by atoms with E-state index in [0.717, 1.165) is 38.4 Å².